The predicted molar refractivity (Wildman–Crippen MR) is 61.1 cm³/mol. The van der Waals surface area contributed by atoms with Gasteiger partial charge in [0, 0.05) is 24.6 Å². The Labute approximate surface area is 92.9 Å². The maximum Gasteiger partial charge on any atom is 0.147 e. The van der Waals surface area contributed by atoms with Gasteiger partial charge in [-0.1, -0.05) is 0 Å². The average molecular weight is 230 g/mol. The molecule has 1 aliphatic heterocycles. The smallest absolute Gasteiger partial charge is 0.147 e. The van der Waals surface area contributed by atoms with Gasteiger partial charge in [-0.25, -0.2) is 4.98 Å². The van der Waals surface area contributed by atoms with E-state index in [-0.39, 0.29) is 0 Å². The standard InChI is InChI=1S/C9H12ClN3S/c10-5-8-6-12-9(7-11-8)13-1-3-14-4-2-13/h6-7H,1-5H2. The molecule has 76 valence electrons. The van der Waals surface area contributed by atoms with E-state index in [1.54, 1.807) is 6.20 Å². The molecule has 0 spiro atoms. The van der Waals surface area contributed by atoms with Crippen molar-refractivity contribution in [1.82, 2.24) is 9.97 Å². The fraction of sp³-hybridized carbons (Fsp3) is 0.556. The summed E-state index contributed by atoms with van der Waals surface area (Å²) >= 11 is 7.64. The van der Waals surface area contributed by atoms with E-state index in [0.29, 0.717) is 5.88 Å². The van der Waals surface area contributed by atoms with Crippen LogP contribution in [0, 0.1) is 0 Å². The third kappa shape index (κ3) is 2.30. The minimum atomic E-state index is 0.434. The van der Waals surface area contributed by atoms with Gasteiger partial charge >= 0.3 is 0 Å². The van der Waals surface area contributed by atoms with Crippen molar-refractivity contribution in [2.45, 2.75) is 5.88 Å². The summed E-state index contributed by atoms with van der Waals surface area (Å²) < 4.78 is 0. The lowest BCUT2D eigenvalue weighted by atomic mass is 10.4. The summed E-state index contributed by atoms with van der Waals surface area (Å²) in [5.41, 5.74) is 0.835. The van der Waals surface area contributed by atoms with Crippen LogP contribution in [0.3, 0.4) is 0 Å². The van der Waals surface area contributed by atoms with Gasteiger partial charge in [0.1, 0.15) is 5.82 Å². The lowest BCUT2D eigenvalue weighted by Gasteiger charge is -2.26. The maximum absolute atomic E-state index is 5.65. The van der Waals surface area contributed by atoms with E-state index < -0.39 is 0 Å². The van der Waals surface area contributed by atoms with Crippen molar-refractivity contribution in [2.75, 3.05) is 29.5 Å². The molecule has 2 rings (SSSR count). The fourth-order valence-corrected chi connectivity index (χ4v) is 2.41. The normalized spacial score (nSPS) is 17.1. The number of hydrogen-bond acceptors (Lipinski definition) is 4. The van der Waals surface area contributed by atoms with Crippen LogP contribution in [-0.4, -0.2) is 34.6 Å². The third-order valence-electron chi connectivity index (χ3n) is 2.16. The summed E-state index contributed by atoms with van der Waals surface area (Å²) in [7, 11) is 0. The molecule has 1 fully saturated rings. The quantitative estimate of drug-likeness (QED) is 0.723. The summed E-state index contributed by atoms with van der Waals surface area (Å²) in [6.45, 7) is 2.14. The molecule has 3 nitrogen and oxygen atoms in total. The van der Waals surface area contributed by atoms with E-state index in [1.807, 2.05) is 18.0 Å². The van der Waals surface area contributed by atoms with Gasteiger partial charge in [0.15, 0.2) is 0 Å². The molecule has 0 unspecified atom stereocenters. The van der Waals surface area contributed by atoms with Crippen molar-refractivity contribution >= 4 is 29.2 Å². The highest BCUT2D eigenvalue weighted by molar-refractivity contribution is 7.99. The molecule has 1 aliphatic rings. The van der Waals surface area contributed by atoms with Gasteiger partial charge in [-0.15, -0.1) is 11.6 Å². The minimum Gasteiger partial charge on any atom is -0.354 e. The zero-order valence-corrected chi connectivity index (χ0v) is 9.39. The van der Waals surface area contributed by atoms with E-state index in [9.17, 15) is 0 Å². The highest BCUT2D eigenvalue weighted by atomic mass is 35.5. The first-order valence-corrected chi connectivity index (χ1v) is 6.28. The molecule has 0 saturated carbocycles. The van der Waals surface area contributed by atoms with E-state index in [1.165, 1.54) is 11.5 Å². The first kappa shape index (κ1) is 10.1. The van der Waals surface area contributed by atoms with Crippen LogP contribution in [0.2, 0.25) is 0 Å². The first-order chi connectivity index (χ1) is 6.90. The van der Waals surface area contributed by atoms with Gasteiger partial charge < -0.3 is 4.90 Å². The third-order valence-corrected chi connectivity index (χ3v) is 3.38. The maximum atomic E-state index is 5.65. The Bertz CT molecular complexity index is 285. The van der Waals surface area contributed by atoms with Gasteiger partial charge in [-0.05, 0) is 0 Å². The number of nitrogens with zero attached hydrogens (tertiary/aromatic N) is 3. The van der Waals surface area contributed by atoms with Gasteiger partial charge in [0.05, 0.1) is 24.0 Å². The molecule has 0 N–H and O–H groups in total. The molecular weight excluding hydrogens is 218 g/mol. The molecule has 0 aromatic carbocycles. The van der Waals surface area contributed by atoms with Crippen LogP contribution < -0.4 is 4.90 Å². The SMILES string of the molecule is ClCc1cnc(N2CCSCC2)cn1. The summed E-state index contributed by atoms with van der Waals surface area (Å²) in [6, 6.07) is 0. The number of hydrogen-bond donors (Lipinski definition) is 0. The molecule has 5 heteroatoms. The van der Waals surface area contributed by atoms with Gasteiger partial charge in [0.25, 0.3) is 0 Å². The van der Waals surface area contributed by atoms with Crippen LogP contribution in [0.5, 0.6) is 0 Å². The van der Waals surface area contributed by atoms with Crippen LogP contribution in [0.25, 0.3) is 0 Å². The Kier molecular flexibility index (Phi) is 3.48. The molecule has 1 aromatic heterocycles. The Balaban J connectivity index is 2.07. The van der Waals surface area contributed by atoms with Crippen molar-refractivity contribution in [2.24, 2.45) is 0 Å². The van der Waals surface area contributed by atoms with Crippen molar-refractivity contribution in [3.63, 3.8) is 0 Å². The first-order valence-electron chi connectivity index (χ1n) is 4.60. The number of halogens is 1. The van der Waals surface area contributed by atoms with E-state index in [0.717, 1.165) is 24.6 Å². The zero-order chi connectivity index (χ0) is 9.80. The van der Waals surface area contributed by atoms with Crippen LogP contribution in [0.15, 0.2) is 12.4 Å². The van der Waals surface area contributed by atoms with Crippen molar-refractivity contribution in [1.29, 1.82) is 0 Å². The fourth-order valence-electron chi connectivity index (χ4n) is 1.37. The summed E-state index contributed by atoms with van der Waals surface area (Å²) in [5.74, 6) is 3.76. The number of rotatable bonds is 2. The van der Waals surface area contributed by atoms with Gasteiger partial charge in [-0.3, -0.25) is 4.98 Å². The second-order valence-corrected chi connectivity index (χ2v) is 4.59. The molecule has 0 atom stereocenters. The molecule has 1 saturated heterocycles. The summed E-state index contributed by atoms with van der Waals surface area (Å²) in [5, 5.41) is 0. The molecule has 0 bridgehead atoms. The number of alkyl halides is 1. The average Bonchev–Trinajstić information content (AvgIpc) is 2.30. The molecule has 0 aliphatic carbocycles. The van der Waals surface area contributed by atoms with E-state index in [2.05, 4.69) is 14.9 Å². The van der Waals surface area contributed by atoms with Crippen LogP contribution >= 0.6 is 23.4 Å². The van der Waals surface area contributed by atoms with Crippen LogP contribution in [0.1, 0.15) is 5.69 Å². The highest BCUT2D eigenvalue weighted by Gasteiger charge is 2.12. The highest BCUT2D eigenvalue weighted by Crippen LogP contribution is 2.16. The molecule has 2 heterocycles. The summed E-state index contributed by atoms with van der Waals surface area (Å²) in [6.07, 6.45) is 3.57. The number of aromatic nitrogens is 2. The topological polar surface area (TPSA) is 29.0 Å². The van der Waals surface area contributed by atoms with Gasteiger partial charge in [-0.2, -0.15) is 11.8 Å². The lowest BCUT2D eigenvalue weighted by molar-refractivity contribution is 0.831. The number of anilines is 1. The van der Waals surface area contributed by atoms with Crippen molar-refractivity contribution < 1.29 is 0 Å². The number of thioether (sulfide) groups is 1. The Morgan fingerprint density at radius 3 is 2.64 bits per heavy atom. The van der Waals surface area contributed by atoms with Crippen molar-refractivity contribution in [3.05, 3.63) is 18.1 Å². The predicted octanol–water partition coefficient (Wildman–Crippen LogP) is 1.77. The Morgan fingerprint density at radius 2 is 2.07 bits per heavy atom. The second-order valence-electron chi connectivity index (χ2n) is 3.10. The largest absolute Gasteiger partial charge is 0.354 e. The van der Waals surface area contributed by atoms with E-state index >= 15 is 0 Å². The zero-order valence-electron chi connectivity index (χ0n) is 7.82. The Hall–Kier alpha value is -0.480. The molecule has 0 radical (unpaired) electrons. The van der Waals surface area contributed by atoms with E-state index in [4.69, 9.17) is 11.6 Å². The molecule has 1 aromatic rings. The van der Waals surface area contributed by atoms with Crippen LogP contribution in [-0.2, 0) is 5.88 Å². The van der Waals surface area contributed by atoms with Gasteiger partial charge in [0.2, 0.25) is 0 Å². The molecular formula is C9H12ClN3S. The minimum absolute atomic E-state index is 0.434. The second kappa shape index (κ2) is 4.84. The van der Waals surface area contributed by atoms with Crippen molar-refractivity contribution in [3.8, 4) is 0 Å². The molecule has 0 amide bonds. The molecule has 14 heavy (non-hydrogen) atoms. The monoisotopic (exact) mass is 229 g/mol. The van der Waals surface area contributed by atoms with Crippen LogP contribution in [0.4, 0.5) is 5.82 Å². The summed E-state index contributed by atoms with van der Waals surface area (Å²) in [4.78, 5) is 10.8. The lowest BCUT2D eigenvalue weighted by Crippen LogP contribution is -2.33. The Morgan fingerprint density at radius 1 is 1.29 bits per heavy atom.